The number of aromatic carboxylic acids is 1. The molecule has 2 saturated heterocycles. The largest absolute Gasteiger partial charge is 0.478 e. The van der Waals surface area contributed by atoms with Gasteiger partial charge in [-0.05, 0) is 31.4 Å². The van der Waals surface area contributed by atoms with Crippen molar-refractivity contribution >= 4 is 17.7 Å². The number of carbonyl (C=O) groups excluding carboxylic acids is 1. The molecule has 3 atom stereocenters. The molecule has 1 aromatic rings. The number of anilines is 1. The molecule has 2 fully saturated rings. The molecule has 0 aliphatic carbocycles. The number of hydrogen-bond acceptors (Lipinski definition) is 3. The Morgan fingerprint density at radius 2 is 2.10 bits per heavy atom. The summed E-state index contributed by atoms with van der Waals surface area (Å²) in [5, 5.41) is 12.1. The summed E-state index contributed by atoms with van der Waals surface area (Å²) < 4.78 is 5.71. The Morgan fingerprint density at radius 3 is 2.71 bits per heavy atom. The van der Waals surface area contributed by atoms with Crippen LogP contribution in [0.2, 0.25) is 0 Å². The van der Waals surface area contributed by atoms with Crippen molar-refractivity contribution in [3.05, 3.63) is 29.8 Å². The van der Waals surface area contributed by atoms with Crippen molar-refractivity contribution in [1.29, 1.82) is 0 Å². The lowest BCUT2D eigenvalue weighted by molar-refractivity contribution is 0.0697. The molecule has 0 radical (unpaired) electrons. The number of carbonyl (C=O) groups is 2. The van der Waals surface area contributed by atoms with E-state index in [0.717, 1.165) is 19.3 Å². The van der Waals surface area contributed by atoms with Crippen molar-refractivity contribution in [2.24, 2.45) is 0 Å². The maximum atomic E-state index is 12.3. The Labute approximate surface area is 122 Å². The average Bonchev–Trinajstić information content (AvgIpc) is 3.09. The molecule has 3 rings (SSSR count). The summed E-state index contributed by atoms with van der Waals surface area (Å²) in [5.41, 5.74) is 0.492. The summed E-state index contributed by atoms with van der Waals surface area (Å²) >= 11 is 0. The summed E-state index contributed by atoms with van der Waals surface area (Å²) in [6.07, 6.45) is 3.24. The zero-order valence-electron chi connectivity index (χ0n) is 11.8. The summed E-state index contributed by atoms with van der Waals surface area (Å²) in [5.74, 6) is -1.05. The third kappa shape index (κ3) is 2.58. The lowest BCUT2D eigenvalue weighted by Gasteiger charge is -2.25. The highest BCUT2D eigenvalue weighted by Gasteiger charge is 2.41. The van der Waals surface area contributed by atoms with Crippen LogP contribution < -0.4 is 10.2 Å². The van der Waals surface area contributed by atoms with E-state index in [1.807, 2.05) is 0 Å². The van der Waals surface area contributed by atoms with E-state index in [2.05, 4.69) is 5.32 Å². The van der Waals surface area contributed by atoms with Gasteiger partial charge in [0.1, 0.15) is 0 Å². The topological polar surface area (TPSA) is 78.9 Å². The first-order valence-corrected chi connectivity index (χ1v) is 7.08. The second-order valence-electron chi connectivity index (χ2n) is 5.55. The first-order chi connectivity index (χ1) is 10.1. The Hall–Kier alpha value is -2.08. The maximum Gasteiger partial charge on any atom is 0.337 e. The van der Waals surface area contributed by atoms with Crippen molar-refractivity contribution in [3.8, 4) is 0 Å². The third-order valence-electron chi connectivity index (χ3n) is 4.22. The number of carboxylic acids is 1. The number of nitrogens with zero attached hydrogens (tertiary/aromatic N) is 1. The second kappa shape index (κ2) is 5.37. The molecule has 2 bridgehead atoms. The fourth-order valence-electron chi connectivity index (χ4n) is 3.10. The van der Waals surface area contributed by atoms with E-state index < -0.39 is 5.97 Å². The standard InChI is InChI=1S/C15H18N2O4/c1-17(12-5-3-2-4-10(12)14(18)19)15(20)16-11-8-9-6-7-13(11)21-9/h2-5,9,11,13H,6-8H2,1H3,(H,16,20)(H,18,19). The molecule has 2 amide bonds. The van der Waals surface area contributed by atoms with Crippen LogP contribution in [0.3, 0.4) is 0 Å². The van der Waals surface area contributed by atoms with Gasteiger partial charge in [-0.3, -0.25) is 4.90 Å². The fraction of sp³-hybridized carbons (Fsp3) is 0.467. The quantitative estimate of drug-likeness (QED) is 0.890. The van der Waals surface area contributed by atoms with Crippen molar-refractivity contribution in [2.45, 2.75) is 37.5 Å². The maximum absolute atomic E-state index is 12.3. The fourth-order valence-corrected chi connectivity index (χ4v) is 3.10. The zero-order valence-corrected chi connectivity index (χ0v) is 11.8. The van der Waals surface area contributed by atoms with Gasteiger partial charge in [0.15, 0.2) is 0 Å². The molecule has 1 aromatic carbocycles. The van der Waals surface area contributed by atoms with Gasteiger partial charge in [0.25, 0.3) is 0 Å². The molecule has 2 N–H and O–H groups in total. The smallest absolute Gasteiger partial charge is 0.337 e. The number of carboxylic acid groups (broad SMARTS) is 1. The van der Waals surface area contributed by atoms with E-state index in [1.54, 1.807) is 25.2 Å². The van der Waals surface area contributed by atoms with E-state index in [4.69, 9.17) is 4.74 Å². The number of nitrogens with one attached hydrogen (secondary N) is 1. The molecule has 2 aliphatic rings. The lowest BCUT2D eigenvalue weighted by atomic mass is 9.96. The molecule has 0 spiro atoms. The Bertz CT molecular complexity index is 575. The van der Waals surface area contributed by atoms with Crippen LogP contribution in [0.1, 0.15) is 29.6 Å². The molecule has 6 heteroatoms. The van der Waals surface area contributed by atoms with Crippen LogP contribution in [0.25, 0.3) is 0 Å². The van der Waals surface area contributed by atoms with E-state index in [0.29, 0.717) is 5.69 Å². The van der Waals surface area contributed by atoms with Crippen molar-refractivity contribution in [3.63, 3.8) is 0 Å². The Kier molecular flexibility index (Phi) is 3.55. The lowest BCUT2D eigenvalue weighted by Crippen LogP contribution is -2.47. The van der Waals surface area contributed by atoms with Crippen LogP contribution >= 0.6 is 0 Å². The Morgan fingerprint density at radius 1 is 1.33 bits per heavy atom. The number of ether oxygens (including phenoxy) is 1. The normalized spacial score (nSPS) is 26.6. The number of urea groups is 1. The highest BCUT2D eigenvalue weighted by molar-refractivity contribution is 6.01. The molecule has 0 aromatic heterocycles. The number of hydrogen-bond donors (Lipinski definition) is 2. The minimum absolute atomic E-state index is 0.0238. The minimum Gasteiger partial charge on any atom is -0.478 e. The second-order valence-corrected chi connectivity index (χ2v) is 5.55. The molecule has 6 nitrogen and oxygen atoms in total. The highest BCUT2D eigenvalue weighted by atomic mass is 16.5. The molecule has 112 valence electrons. The summed E-state index contributed by atoms with van der Waals surface area (Å²) in [7, 11) is 1.57. The first-order valence-electron chi connectivity index (χ1n) is 7.08. The van der Waals surface area contributed by atoms with Gasteiger partial charge >= 0.3 is 12.0 Å². The molecule has 2 heterocycles. The van der Waals surface area contributed by atoms with E-state index in [9.17, 15) is 14.7 Å². The van der Waals surface area contributed by atoms with Gasteiger partial charge in [0.2, 0.25) is 0 Å². The van der Waals surface area contributed by atoms with Gasteiger partial charge in [-0.15, -0.1) is 0 Å². The number of amides is 2. The predicted octanol–water partition coefficient (Wildman–Crippen LogP) is 1.85. The van der Waals surface area contributed by atoms with Gasteiger partial charge in [0.05, 0.1) is 29.5 Å². The monoisotopic (exact) mass is 290 g/mol. The van der Waals surface area contributed by atoms with Crippen molar-refractivity contribution in [1.82, 2.24) is 5.32 Å². The van der Waals surface area contributed by atoms with E-state index >= 15 is 0 Å². The summed E-state index contributed by atoms with van der Waals surface area (Å²) in [6, 6.07) is 6.19. The van der Waals surface area contributed by atoms with Gasteiger partial charge in [-0.2, -0.15) is 0 Å². The van der Waals surface area contributed by atoms with Crippen LogP contribution in [-0.2, 0) is 4.74 Å². The van der Waals surface area contributed by atoms with Crippen LogP contribution in [0, 0.1) is 0 Å². The molecular formula is C15H18N2O4. The number of rotatable bonds is 3. The predicted molar refractivity (Wildman–Crippen MR) is 76.6 cm³/mol. The van der Waals surface area contributed by atoms with Crippen LogP contribution in [-0.4, -0.2) is 42.4 Å². The van der Waals surface area contributed by atoms with Crippen molar-refractivity contribution in [2.75, 3.05) is 11.9 Å². The minimum atomic E-state index is -1.05. The van der Waals surface area contributed by atoms with Crippen LogP contribution in [0.4, 0.5) is 10.5 Å². The highest BCUT2D eigenvalue weighted by Crippen LogP contribution is 2.34. The average molecular weight is 290 g/mol. The van der Waals surface area contributed by atoms with Gasteiger partial charge < -0.3 is 15.2 Å². The number of benzene rings is 1. The van der Waals surface area contributed by atoms with Gasteiger partial charge in [-0.1, -0.05) is 12.1 Å². The van der Waals surface area contributed by atoms with Gasteiger partial charge in [-0.25, -0.2) is 9.59 Å². The molecular weight excluding hydrogens is 272 g/mol. The molecule has 3 unspecified atom stereocenters. The number of fused-ring (bicyclic) bond motifs is 2. The third-order valence-corrected chi connectivity index (χ3v) is 4.22. The van der Waals surface area contributed by atoms with Crippen LogP contribution in [0.5, 0.6) is 0 Å². The van der Waals surface area contributed by atoms with Gasteiger partial charge in [0, 0.05) is 7.05 Å². The first kappa shape index (κ1) is 13.9. The van der Waals surface area contributed by atoms with Crippen LogP contribution in [0.15, 0.2) is 24.3 Å². The van der Waals surface area contributed by atoms with Crippen molar-refractivity contribution < 1.29 is 19.4 Å². The SMILES string of the molecule is CN(C(=O)NC1CC2CCC1O2)c1ccccc1C(=O)O. The molecule has 0 saturated carbocycles. The Balaban J connectivity index is 1.71. The van der Waals surface area contributed by atoms with E-state index in [1.165, 1.54) is 11.0 Å². The summed E-state index contributed by atoms with van der Waals surface area (Å²) in [4.78, 5) is 24.9. The zero-order chi connectivity index (χ0) is 15.0. The van der Waals surface area contributed by atoms with E-state index in [-0.39, 0.29) is 29.8 Å². The number of para-hydroxylation sites is 1. The summed E-state index contributed by atoms with van der Waals surface area (Å²) in [6.45, 7) is 0. The molecule has 2 aliphatic heterocycles. The molecule has 21 heavy (non-hydrogen) atoms.